The molecule has 3 nitrogen and oxygen atoms in total. The zero-order valence-corrected chi connectivity index (χ0v) is 10.3. The van der Waals surface area contributed by atoms with Gasteiger partial charge in [-0.2, -0.15) is 0 Å². The van der Waals surface area contributed by atoms with Crippen molar-refractivity contribution in [2.24, 2.45) is 5.92 Å². The Kier molecular flexibility index (Phi) is 6.98. The molecule has 1 atom stereocenters. The molecule has 1 N–H and O–H groups in total. The number of likely N-dealkylation sites (tertiary alicyclic amines) is 1. The topological polar surface area (TPSA) is 24.5 Å². The summed E-state index contributed by atoms with van der Waals surface area (Å²) in [6.45, 7) is 5.78. The molecule has 3 heteroatoms. The first-order valence-corrected chi connectivity index (χ1v) is 6.21. The largest absolute Gasteiger partial charge is 0.385 e. The summed E-state index contributed by atoms with van der Waals surface area (Å²) in [5.74, 6) is 0.867. The lowest BCUT2D eigenvalue weighted by molar-refractivity contribution is 0.190. The first kappa shape index (κ1) is 12.9. The predicted octanol–water partition coefficient (Wildman–Crippen LogP) is 1.34. The van der Waals surface area contributed by atoms with Crippen LogP contribution in [0.3, 0.4) is 0 Å². The van der Waals surface area contributed by atoms with Gasteiger partial charge in [0.2, 0.25) is 0 Å². The molecule has 0 aromatic heterocycles. The van der Waals surface area contributed by atoms with Crippen LogP contribution in [0.25, 0.3) is 0 Å². The molecular formula is C12H26N2O. The Morgan fingerprint density at radius 3 is 3.00 bits per heavy atom. The van der Waals surface area contributed by atoms with E-state index in [1.165, 1.54) is 45.3 Å². The van der Waals surface area contributed by atoms with E-state index in [-0.39, 0.29) is 0 Å². The van der Waals surface area contributed by atoms with Gasteiger partial charge >= 0.3 is 0 Å². The Morgan fingerprint density at radius 1 is 1.40 bits per heavy atom. The van der Waals surface area contributed by atoms with Crippen molar-refractivity contribution in [1.82, 2.24) is 10.2 Å². The summed E-state index contributed by atoms with van der Waals surface area (Å²) in [7, 11) is 4.00. The molecule has 1 aliphatic heterocycles. The first-order valence-electron chi connectivity index (χ1n) is 6.21. The summed E-state index contributed by atoms with van der Waals surface area (Å²) >= 11 is 0. The third-order valence-corrected chi connectivity index (χ3v) is 3.11. The zero-order chi connectivity index (χ0) is 10.9. The summed E-state index contributed by atoms with van der Waals surface area (Å²) in [6.07, 6.45) is 5.17. The van der Waals surface area contributed by atoms with E-state index in [9.17, 15) is 0 Å². The molecule has 0 radical (unpaired) electrons. The summed E-state index contributed by atoms with van der Waals surface area (Å²) in [5, 5.41) is 3.55. The van der Waals surface area contributed by atoms with E-state index < -0.39 is 0 Å². The fourth-order valence-corrected chi connectivity index (χ4v) is 2.24. The van der Waals surface area contributed by atoms with E-state index in [4.69, 9.17) is 4.74 Å². The van der Waals surface area contributed by atoms with Crippen molar-refractivity contribution in [3.8, 4) is 0 Å². The van der Waals surface area contributed by atoms with Gasteiger partial charge in [0.15, 0.2) is 0 Å². The van der Waals surface area contributed by atoms with Crippen molar-refractivity contribution >= 4 is 0 Å². The van der Waals surface area contributed by atoms with E-state index in [1.807, 2.05) is 0 Å². The van der Waals surface area contributed by atoms with Crippen molar-refractivity contribution in [3.63, 3.8) is 0 Å². The van der Waals surface area contributed by atoms with Gasteiger partial charge < -0.3 is 15.0 Å². The number of nitrogens with one attached hydrogen (secondary N) is 1. The highest BCUT2D eigenvalue weighted by Crippen LogP contribution is 2.13. The highest BCUT2D eigenvalue weighted by molar-refractivity contribution is 4.72. The van der Waals surface area contributed by atoms with Crippen LogP contribution in [0.4, 0.5) is 0 Å². The lowest BCUT2D eigenvalue weighted by Crippen LogP contribution is -2.37. The zero-order valence-electron chi connectivity index (χ0n) is 10.3. The van der Waals surface area contributed by atoms with Crippen molar-refractivity contribution in [2.75, 3.05) is 46.9 Å². The van der Waals surface area contributed by atoms with Crippen LogP contribution in [0.5, 0.6) is 0 Å². The average Bonchev–Trinajstić information content (AvgIpc) is 2.23. The lowest BCUT2D eigenvalue weighted by atomic mass is 9.98. The fourth-order valence-electron chi connectivity index (χ4n) is 2.24. The van der Waals surface area contributed by atoms with Gasteiger partial charge in [0.1, 0.15) is 0 Å². The van der Waals surface area contributed by atoms with Crippen LogP contribution < -0.4 is 5.32 Å². The van der Waals surface area contributed by atoms with Crippen LogP contribution in [-0.4, -0.2) is 51.8 Å². The molecule has 1 aliphatic rings. The third kappa shape index (κ3) is 6.13. The maximum atomic E-state index is 5.02. The van der Waals surface area contributed by atoms with Crippen molar-refractivity contribution in [2.45, 2.75) is 25.7 Å². The van der Waals surface area contributed by atoms with Crippen LogP contribution >= 0.6 is 0 Å². The summed E-state index contributed by atoms with van der Waals surface area (Å²) in [4.78, 5) is 2.45. The third-order valence-electron chi connectivity index (χ3n) is 3.11. The highest BCUT2D eigenvalue weighted by atomic mass is 16.5. The van der Waals surface area contributed by atoms with Crippen molar-refractivity contribution in [1.29, 1.82) is 0 Å². The number of nitrogens with zero attached hydrogens (tertiary/aromatic N) is 1. The second-order valence-corrected chi connectivity index (χ2v) is 4.67. The van der Waals surface area contributed by atoms with Gasteiger partial charge in [-0.3, -0.25) is 0 Å². The molecular weight excluding hydrogens is 188 g/mol. The molecule has 15 heavy (non-hydrogen) atoms. The number of rotatable bonds is 7. The minimum absolute atomic E-state index is 0.867. The fraction of sp³-hybridized carbons (Fsp3) is 1.00. The number of ether oxygens (including phenoxy) is 1. The Balaban J connectivity index is 1.90. The van der Waals surface area contributed by atoms with Crippen LogP contribution in [0.15, 0.2) is 0 Å². The molecule has 0 aromatic rings. The minimum atomic E-state index is 0.867. The summed E-state index contributed by atoms with van der Waals surface area (Å²) in [5.41, 5.74) is 0. The van der Waals surface area contributed by atoms with Gasteiger partial charge in [-0.1, -0.05) is 0 Å². The molecule has 0 saturated carbocycles. The molecule has 1 saturated heterocycles. The maximum Gasteiger partial charge on any atom is 0.0462 e. The van der Waals surface area contributed by atoms with Gasteiger partial charge in [0.25, 0.3) is 0 Å². The molecule has 1 unspecified atom stereocenters. The smallest absolute Gasteiger partial charge is 0.0462 e. The Bertz CT molecular complexity index is 153. The van der Waals surface area contributed by atoms with Crippen molar-refractivity contribution in [3.05, 3.63) is 0 Å². The molecule has 1 fully saturated rings. The average molecular weight is 214 g/mol. The van der Waals surface area contributed by atoms with E-state index in [0.717, 1.165) is 19.1 Å². The molecule has 0 bridgehead atoms. The predicted molar refractivity (Wildman–Crippen MR) is 64.2 cm³/mol. The Hall–Kier alpha value is -0.120. The molecule has 90 valence electrons. The van der Waals surface area contributed by atoms with Crippen LogP contribution in [0.1, 0.15) is 25.7 Å². The highest BCUT2D eigenvalue weighted by Gasteiger charge is 2.15. The SMILES string of the molecule is COCCCCNCC1CCCN(C)C1. The van der Waals surface area contributed by atoms with Gasteiger partial charge in [0.05, 0.1) is 0 Å². The van der Waals surface area contributed by atoms with E-state index in [0.29, 0.717) is 0 Å². The number of hydrogen-bond donors (Lipinski definition) is 1. The summed E-state index contributed by atoms with van der Waals surface area (Å²) < 4.78 is 5.02. The van der Waals surface area contributed by atoms with E-state index in [2.05, 4.69) is 17.3 Å². The number of piperidine rings is 1. The molecule has 0 amide bonds. The molecule has 0 aliphatic carbocycles. The normalized spacial score (nSPS) is 23.2. The molecule has 1 rings (SSSR count). The van der Waals surface area contributed by atoms with Gasteiger partial charge in [-0.15, -0.1) is 0 Å². The second-order valence-electron chi connectivity index (χ2n) is 4.67. The van der Waals surface area contributed by atoms with Crippen LogP contribution in [0.2, 0.25) is 0 Å². The molecule has 0 aromatic carbocycles. The van der Waals surface area contributed by atoms with Gasteiger partial charge in [0, 0.05) is 20.3 Å². The minimum Gasteiger partial charge on any atom is -0.385 e. The van der Waals surface area contributed by atoms with Crippen molar-refractivity contribution < 1.29 is 4.74 Å². The quantitative estimate of drug-likeness (QED) is 0.647. The molecule has 0 spiro atoms. The van der Waals surface area contributed by atoms with Crippen LogP contribution in [-0.2, 0) is 4.74 Å². The van der Waals surface area contributed by atoms with E-state index >= 15 is 0 Å². The number of unbranched alkanes of at least 4 members (excludes halogenated alkanes) is 1. The lowest BCUT2D eigenvalue weighted by Gasteiger charge is -2.29. The molecule has 1 heterocycles. The summed E-state index contributed by atoms with van der Waals surface area (Å²) in [6, 6.07) is 0. The Labute approximate surface area is 94.2 Å². The van der Waals surface area contributed by atoms with Gasteiger partial charge in [-0.05, 0) is 58.3 Å². The van der Waals surface area contributed by atoms with Crippen LogP contribution in [0, 0.1) is 5.92 Å². The maximum absolute atomic E-state index is 5.02. The number of hydrogen-bond acceptors (Lipinski definition) is 3. The standard InChI is InChI=1S/C12H26N2O/c1-14-8-5-6-12(11-14)10-13-7-3-4-9-15-2/h12-13H,3-11H2,1-2H3. The number of methoxy groups -OCH3 is 1. The van der Waals surface area contributed by atoms with E-state index in [1.54, 1.807) is 7.11 Å². The second kappa shape index (κ2) is 8.08. The Morgan fingerprint density at radius 2 is 2.27 bits per heavy atom. The van der Waals surface area contributed by atoms with Gasteiger partial charge in [-0.25, -0.2) is 0 Å². The first-order chi connectivity index (χ1) is 7.33. The monoisotopic (exact) mass is 214 g/mol.